The van der Waals surface area contributed by atoms with Crippen LogP contribution in [0.25, 0.3) is 0 Å². The maximum atomic E-state index is 12.4. The summed E-state index contributed by atoms with van der Waals surface area (Å²) >= 11 is 0. The summed E-state index contributed by atoms with van der Waals surface area (Å²) in [6, 6.07) is 7.32. The summed E-state index contributed by atoms with van der Waals surface area (Å²) in [5, 5.41) is 12.3. The normalized spacial score (nSPS) is 12.5. The molecular formula is C16H15F3N2O3. The van der Waals surface area contributed by atoms with Crippen LogP contribution in [-0.4, -0.2) is 35.3 Å². The number of pyridine rings is 1. The zero-order chi connectivity index (χ0) is 17.6. The molecule has 0 aliphatic rings. The van der Waals surface area contributed by atoms with Gasteiger partial charge < -0.3 is 15.2 Å². The third-order valence-corrected chi connectivity index (χ3v) is 3.05. The Bertz CT molecular complexity index is 661. The minimum Gasteiger partial charge on any atom is -0.491 e. The van der Waals surface area contributed by atoms with E-state index in [1.54, 1.807) is 12.1 Å². The van der Waals surface area contributed by atoms with E-state index in [1.165, 1.54) is 24.5 Å². The molecule has 0 saturated carbocycles. The van der Waals surface area contributed by atoms with Crippen LogP contribution < -0.4 is 10.1 Å². The van der Waals surface area contributed by atoms with Crippen molar-refractivity contribution >= 4 is 5.91 Å². The number of ether oxygens (including phenoxy) is 1. The van der Waals surface area contributed by atoms with Crippen molar-refractivity contribution in [2.75, 3.05) is 13.2 Å². The fourth-order valence-corrected chi connectivity index (χ4v) is 1.80. The monoisotopic (exact) mass is 340 g/mol. The first-order chi connectivity index (χ1) is 11.4. The molecule has 24 heavy (non-hydrogen) atoms. The number of nitrogens with zero attached hydrogens (tertiary/aromatic N) is 1. The van der Waals surface area contributed by atoms with Gasteiger partial charge in [0, 0.05) is 18.9 Å². The van der Waals surface area contributed by atoms with E-state index in [2.05, 4.69) is 10.3 Å². The topological polar surface area (TPSA) is 71.5 Å². The summed E-state index contributed by atoms with van der Waals surface area (Å²) in [7, 11) is 0. The Balaban J connectivity index is 1.77. The molecule has 0 spiro atoms. The number of nitrogens with one attached hydrogen (secondary N) is 1. The molecule has 1 unspecified atom stereocenters. The van der Waals surface area contributed by atoms with E-state index in [0.717, 1.165) is 12.1 Å². The van der Waals surface area contributed by atoms with Gasteiger partial charge in [0.05, 0.1) is 11.1 Å². The van der Waals surface area contributed by atoms with E-state index < -0.39 is 23.8 Å². The quantitative estimate of drug-likeness (QED) is 0.846. The summed E-state index contributed by atoms with van der Waals surface area (Å²) in [5.74, 6) is -0.197. The van der Waals surface area contributed by atoms with Crippen molar-refractivity contribution in [1.82, 2.24) is 10.3 Å². The second kappa shape index (κ2) is 7.78. The van der Waals surface area contributed by atoms with Crippen molar-refractivity contribution < 1.29 is 27.8 Å². The molecule has 0 aliphatic heterocycles. The van der Waals surface area contributed by atoms with Gasteiger partial charge in [-0.1, -0.05) is 0 Å². The number of benzene rings is 1. The third-order valence-electron chi connectivity index (χ3n) is 3.05. The zero-order valence-electron chi connectivity index (χ0n) is 12.5. The molecular weight excluding hydrogens is 325 g/mol. The van der Waals surface area contributed by atoms with Crippen molar-refractivity contribution in [2.45, 2.75) is 12.3 Å². The van der Waals surface area contributed by atoms with Crippen LogP contribution in [0.15, 0.2) is 48.8 Å². The minimum absolute atomic E-state index is 0.0611. The maximum absolute atomic E-state index is 12.4. The van der Waals surface area contributed by atoms with Gasteiger partial charge in [-0.05, 0) is 36.4 Å². The van der Waals surface area contributed by atoms with E-state index in [-0.39, 0.29) is 18.9 Å². The highest BCUT2D eigenvalue weighted by Gasteiger charge is 2.30. The molecule has 128 valence electrons. The van der Waals surface area contributed by atoms with E-state index >= 15 is 0 Å². The average molecular weight is 340 g/mol. The zero-order valence-corrected chi connectivity index (χ0v) is 12.5. The van der Waals surface area contributed by atoms with E-state index in [4.69, 9.17) is 4.74 Å². The Morgan fingerprint density at radius 1 is 1.25 bits per heavy atom. The van der Waals surface area contributed by atoms with Crippen molar-refractivity contribution in [3.8, 4) is 5.75 Å². The molecule has 1 amide bonds. The van der Waals surface area contributed by atoms with Crippen LogP contribution in [0, 0.1) is 0 Å². The predicted octanol–water partition coefficient (Wildman–Crippen LogP) is 2.27. The van der Waals surface area contributed by atoms with Crippen LogP contribution in [0.1, 0.15) is 15.9 Å². The highest BCUT2D eigenvalue weighted by molar-refractivity contribution is 5.93. The SMILES string of the molecule is O=C(NCC(O)COc1ccc(C(F)(F)F)cc1)c1cccnc1. The van der Waals surface area contributed by atoms with Crippen LogP contribution in [-0.2, 0) is 6.18 Å². The Hall–Kier alpha value is -2.61. The molecule has 0 bridgehead atoms. The number of rotatable bonds is 6. The molecule has 0 fully saturated rings. The van der Waals surface area contributed by atoms with E-state index in [0.29, 0.717) is 5.56 Å². The molecule has 2 rings (SSSR count). The van der Waals surface area contributed by atoms with E-state index in [1.807, 2.05) is 0 Å². The highest BCUT2D eigenvalue weighted by Crippen LogP contribution is 2.30. The number of hydrogen-bond acceptors (Lipinski definition) is 4. The standard InChI is InChI=1S/C16H15F3N2O3/c17-16(18,19)12-3-5-14(6-4-12)24-10-13(22)9-21-15(23)11-2-1-7-20-8-11/h1-8,13,22H,9-10H2,(H,21,23). The number of amides is 1. The molecule has 1 heterocycles. The summed E-state index contributed by atoms with van der Waals surface area (Å²) < 4.78 is 42.5. The lowest BCUT2D eigenvalue weighted by Gasteiger charge is -2.14. The average Bonchev–Trinajstić information content (AvgIpc) is 2.58. The van der Waals surface area contributed by atoms with Gasteiger partial charge in [0.15, 0.2) is 0 Å². The molecule has 0 saturated heterocycles. The smallest absolute Gasteiger partial charge is 0.416 e. The van der Waals surface area contributed by atoms with Gasteiger partial charge in [0.25, 0.3) is 5.91 Å². The number of aliphatic hydroxyl groups excluding tert-OH is 1. The summed E-state index contributed by atoms with van der Waals surface area (Å²) in [4.78, 5) is 15.6. The Morgan fingerprint density at radius 2 is 1.96 bits per heavy atom. The summed E-state index contributed by atoms with van der Waals surface area (Å²) in [6.07, 6.45) is -2.49. The van der Waals surface area contributed by atoms with Gasteiger partial charge in [-0.25, -0.2) is 0 Å². The van der Waals surface area contributed by atoms with Crippen LogP contribution >= 0.6 is 0 Å². The van der Waals surface area contributed by atoms with Gasteiger partial charge in [-0.15, -0.1) is 0 Å². The summed E-state index contributed by atoms with van der Waals surface area (Å²) in [6.45, 7) is -0.229. The van der Waals surface area contributed by atoms with Crippen LogP contribution in [0.3, 0.4) is 0 Å². The maximum Gasteiger partial charge on any atom is 0.416 e. The van der Waals surface area contributed by atoms with Crippen molar-refractivity contribution in [3.63, 3.8) is 0 Å². The second-order valence-corrected chi connectivity index (χ2v) is 4.94. The second-order valence-electron chi connectivity index (χ2n) is 4.94. The largest absolute Gasteiger partial charge is 0.491 e. The van der Waals surface area contributed by atoms with Gasteiger partial charge in [-0.2, -0.15) is 13.2 Å². The van der Waals surface area contributed by atoms with Crippen molar-refractivity contribution in [3.05, 3.63) is 59.9 Å². The molecule has 2 N–H and O–H groups in total. The Labute approximate surface area is 136 Å². The number of aromatic nitrogens is 1. The van der Waals surface area contributed by atoms with Gasteiger partial charge >= 0.3 is 6.18 Å². The number of aliphatic hydroxyl groups is 1. The highest BCUT2D eigenvalue weighted by atomic mass is 19.4. The lowest BCUT2D eigenvalue weighted by molar-refractivity contribution is -0.137. The molecule has 0 radical (unpaired) electrons. The van der Waals surface area contributed by atoms with Gasteiger partial charge in [0.1, 0.15) is 18.5 Å². The van der Waals surface area contributed by atoms with Crippen molar-refractivity contribution in [2.24, 2.45) is 0 Å². The van der Waals surface area contributed by atoms with Gasteiger partial charge in [0.2, 0.25) is 0 Å². The van der Waals surface area contributed by atoms with E-state index in [9.17, 15) is 23.1 Å². The first-order valence-electron chi connectivity index (χ1n) is 7.02. The molecule has 1 aromatic carbocycles. The lowest BCUT2D eigenvalue weighted by atomic mass is 10.2. The Kier molecular flexibility index (Phi) is 5.75. The molecule has 1 aromatic heterocycles. The van der Waals surface area contributed by atoms with Crippen LogP contribution in [0.5, 0.6) is 5.75 Å². The number of alkyl halides is 3. The lowest BCUT2D eigenvalue weighted by Crippen LogP contribution is -2.35. The van der Waals surface area contributed by atoms with Crippen LogP contribution in [0.4, 0.5) is 13.2 Å². The number of carbonyl (C=O) groups excluding carboxylic acids is 1. The third kappa shape index (κ3) is 5.24. The first kappa shape index (κ1) is 17.7. The van der Waals surface area contributed by atoms with Crippen molar-refractivity contribution in [1.29, 1.82) is 0 Å². The summed E-state index contributed by atoms with van der Waals surface area (Å²) in [5.41, 5.74) is -0.424. The first-order valence-corrected chi connectivity index (χ1v) is 7.02. The molecule has 8 heteroatoms. The predicted molar refractivity (Wildman–Crippen MR) is 79.5 cm³/mol. The van der Waals surface area contributed by atoms with Gasteiger partial charge in [-0.3, -0.25) is 9.78 Å². The molecule has 5 nitrogen and oxygen atoms in total. The fraction of sp³-hybridized carbons (Fsp3) is 0.250. The number of carbonyl (C=O) groups is 1. The molecule has 0 aliphatic carbocycles. The fourth-order valence-electron chi connectivity index (χ4n) is 1.80. The van der Waals surface area contributed by atoms with Crippen LogP contribution in [0.2, 0.25) is 0 Å². The molecule has 1 atom stereocenters. The number of hydrogen-bond donors (Lipinski definition) is 2. The molecule has 2 aromatic rings. The Morgan fingerprint density at radius 3 is 2.54 bits per heavy atom. The minimum atomic E-state index is -4.41. The number of halogens is 3.